The van der Waals surface area contributed by atoms with Gasteiger partial charge < -0.3 is 19.5 Å². The van der Waals surface area contributed by atoms with Gasteiger partial charge in [-0.25, -0.2) is 4.79 Å². The van der Waals surface area contributed by atoms with E-state index in [1.807, 2.05) is 42.7 Å². The number of methoxy groups -OCH3 is 2. The second kappa shape index (κ2) is 12.4. The first-order valence-electron chi connectivity index (χ1n) is 10.8. The van der Waals surface area contributed by atoms with E-state index in [1.54, 1.807) is 13.2 Å². The minimum atomic E-state index is -0.457. The van der Waals surface area contributed by atoms with Crippen LogP contribution < -0.4 is 14.8 Å². The molecular weight excluding hydrogens is 488 g/mol. The van der Waals surface area contributed by atoms with Crippen LogP contribution in [0, 0.1) is 6.92 Å². The second-order valence-electron chi connectivity index (χ2n) is 7.29. The Morgan fingerprint density at radius 1 is 1.20 bits per heavy atom. The molecule has 0 aliphatic heterocycles. The van der Waals surface area contributed by atoms with Gasteiger partial charge in [0.25, 0.3) is 0 Å². The van der Waals surface area contributed by atoms with Crippen LogP contribution in [-0.2, 0) is 29.1 Å². The average Bonchev–Trinajstić information content (AvgIpc) is 3.40. The number of amides is 1. The molecule has 0 saturated carbocycles. The van der Waals surface area contributed by atoms with Gasteiger partial charge >= 0.3 is 5.97 Å². The lowest BCUT2D eigenvalue weighted by Gasteiger charge is -2.10. The number of nitrogens with one attached hydrogen (secondary N) is 1. The number of thiophene rings is 1. The van der Waals surface area contributed by atoms with Crippen molar-refractivity contribution in [3.63, 3.8) is 0 Å². The van der Waals surface area contributed by atoms with E-state index >= 15 is 0 Å². The molecule has 3 rings (SSSR count). The quantitative estimate of drug-likeness (QED) is 0.213. The van der Waals surface area contributed by atoms with Gasteiger partial charge in [-0.1, -0.05) is 24.8 Å². The largest absolute Gasteiger partial charge is 0.497 e. The van der Waals surface area contributed by atoms with E-state index in [0.717, 1.165) is 16.2 Å². The Morgan fingerprint density at radius 2 is 1.91 bits per heavy atom. The Kier molecular flexibility index (Phi) is 9.32. The lowest BCUT2D eigenvalue weighted by Crippen LogP contribution is -2.17. The molecule has 0 spiro atoms. The molecule has 9 nitrogen and oxygen atoms in total. The fraction of sp³-hybridized carbons (Fsp3) is 0.333. The highest BCUT2D eigenvalue weighted by molar-refractivity contribution is 7.99. The summed E-state index contributed by atoms with van der Waals surface area (Å²) < 4.78 is 17.7. The minimum Gasteiger partial charge on any atom is -0.497 e. The number of benzene rings is 1. The van der Waals surface area contributed by atoms with E-state index in [2.05, 4.69) is 22.1 Å². The molecule has 3 aromatic rings. The minimum absolute atomic E-state index is 0.0909. The van der Waals surface area contributed by atoms with Crippen LogP contribution in [0.15, 0.2) is 42.1 Å². The number of esters is 1. The number of aryl methyl sites for hydroxylation is 1. The van der Waals surface area contributed by atoms with Crippen molar-refractivity contribution in [2.45, 2.75) is 38.6 Å². The third-order valence-corrected chi connectivity index (χ3v) is 7.10. The molecule has 2 heterocycles. The first kappa shape index (κ1) is 26.3. The predicted octanol–water partition coefficient (Wildman–Crippen LogP) is 4.50. The number of rotatable bonds is 12. The number of allylic oxidation sites excluding steroid dienone is 1. The van der Waals surface area contributed by atoms with Crippen molar-refractivity contribution in [1.82, 2.24) is 14.8 Å². The molecule has 0 unspecified atom stereocenters. The van der Waals surface area contributed by atoms with Gasteiger partial charge in [-0.3, -0.25) is 9.36 Å². The molecule has 35 heavy (non-hydrogen) atoms. The number of anilines is 1. The molecule has 0 aliphatic carbocycles. The second-order valence-corrected chi connectivity index (χ2v) is 9.45. The van der Waals surface area contributed by atoms with Gasteiger partial charge in [0, 0.05) is 11.4 Å². The zero-order chi connectivity index (χ0) is 25.4. The van der Waals surface area contributed by atoms with E-state index in [1.165, 1.54) is 30.2 Å². The Balaban J connectivity index is 1.66. The molecule has 1 amide bonds. The van der Waals surface area contributed by atoms with Crippen LogP contribution in [0.25, 0.3) is 0 Å². The van der Waals surface area contributed by atoms with Crippen LogP contribution in [0.5, 0.6) is 11.5 Å². The fourth-order valence-electron chi connectivity index (χ4n) is 3.37. The summed E-state index contributed by atoms with van der Waals surface area (Å²) in [6.45, 7) is 8.36. The first-order valence-corrected chi connectivity index (χ1v) is 12.6. The highest BCUT2D eigenvalue weighted by atomic mass is 32.2. The summed E-state index contributed by atoms with van der Waals surface area (Å²) in [6, 6.07) is 7.25. The van der Waals surface area contributed by atoms with Gasteiger partial charge in [-0.15, -0.1) is 28.1 Å². The molecule has 1 N–H and O–H groups in total. The summed E-state index contributed by atoms with van der Waals surface area (Å²) in [5.41, 5.74) is 1.31. The lowest BCUT2D eigenvalue weighted by atomic mass is 10.1. The number of aromatic nitrogens is 3. The number of thioether (sulfide) groups is 1. The molecule has 0 radical (unpaired) electrons. The lowest BCUT2D eigenvalue weighted by molar-refractivity contribution is -0.113. The Labute approximate surface area is 212 Å². The van der Waals surface area contributed by atoms with Crippen LogP contribution in [0.3, 0.4) is 0 Å². The molecule has 2 aromatic heterocycles. The Hall–Kier alpha value is -3.31. The first-order chi connectivity index (χ1) is 16.9. The maximum Gasteiger partial charge on any atom is 0.341 e. The van der Waals surface area contributed by atoms with Gasteiger partial charge in [0.2, 0.25) is 5.91 Å². The summed E-state index contributed by atoms with van der Waals surface area (Å²) in [6.07, 6.45) is 2.40. The maximum absolute atomic E-state index is 12.7. The van der Waals surface area contributed by atoms with Crippen molar-refractivity contribution in [2.24, 2.45) is 0 Å². The number of carbonyl (C=O) groups excluding carboxylic acids is 2. The molecule has 11 heteroatoms. The third-order valence-electron chi connectivity index (χ3n) is 5.07. The van der Waals surface area contributed by atoms with E-state index in [4.69, 9.17) is 14.2 Å². The number of hydrogen-bond donors (Lipinski definition) is 1. The third kappa shape index (κ3) is 6.43. The summed E-state index contributed by atoms with van der Waals surface area (Å²) in [5, 5.41) is 12.4. The Bertz CT molecular complexity index is 1190. The standard InChI is InChI=1S/C24H28N4O5S2/c1-6-12-28-19(13-33-17-10-8-16(31-4)9-11-17)26-27-24(28)34-14-20(29)25-22-21(23(30)32-5)18(7-2)15(3)35-22/h6,8-11H,1,7,12-14H2,2-5H3,(H,25,29). The molecule has 0 fully saturated rings. The van der Waals surface area contributed by atoms with Gasteiger partial charge in [-0.2, -0.15) is 0 Å². The van der Waals surface area contributed by atoms with E-state index in [-0.39, 0.29) is 18.3 Å². The number of nitrogens with zero attached hydrogens (tertiary/aromatic N) is 3. The highest BCUT2D eigenvalue weighted by Gasteiger charge is 2.23. The van der Waals surface area contributed by atoms with Crippen molar-refractivity contribution >= 4 is 40.0 Å². The summed E-state index contributed by atoms with van der Waals surface area (Å²) in [4.78, 5) is 26.0. The number of hydrogen-bond acceptors (Lipinski definition) is 9. The van der Waals surface area contributed by atoms with Crippen molar-refractivity contribution in [1.29, 1.82) is 0 Å². The van der Waals surface area contributed by atoms with Gasteiger partial charge in [0.15, 0.2) is 11.0 Å². The summed E-state index contributed by atoms with van der Waals surface area (Å²) in [7, 11) is 2.94. The maximum atomic E-state index is 12.7. The predicted molar refractivity (Wildman–Crippen MR) is 137 cm³/mol. The van der Waals surface area contributed by atoms with Gasteiger partial charge in [0.1, 0.15) is 23.1 Å². The smallest absolute Gasteiger partial charge is 0.341 e. The summed E-state index contributed by atoms with van der Waals surface area (Å²) in [5.74, 6) is 1.40. The molecule has 0 atom stereocenters. The van der Waals surface area contributed by atoms with Gasteiger partial charge in [0.05, 0.1) is 25.5 Å². The van der Waals surface area contributed by atoms with E-state index < -0.39 is 5.97 Å². The molecule has 186 valence electrons. The molecular formula is C24H28N4O5S2. The normalized spacial score (nSPS) is 10.6. The van der Waals surface area contributed by atoms with E-state index in [0.29, 0.717) is 40.3 Å². The highest BCUT2D eigenvalue weighted by Crippen LogP contribution is 2.34. The number of ether oxygens (including phenoxy) is 3. The van der Waals surface area contributed by atoms with Crippen molar-refractivity contribution in [3.05, 3.63) is 58.7 Å². The molecule has 0 aliphatic rings. The van der Waals surface area contributed by atoms with Crippen LogP contribution in [0.4, 0.5) is 5.00 Å². The summed E-state index contributed by atoms with van der Waals surface area (Å²) >= 11 is 2.61. The number of carbonyl (C=O) groups is 2. The van der Waals surface area contributed by atoms with Crippen molar-refractivity contribution < 1.29 is 23.8 Å². The Morgan fingerprint density at radius 3 is 2.54 bits per heavy atom. The van der Waals surface area contributed by atoms with E-state index in [9.17, 15) is 9.59 Å². The average molecular weight is 517 g/mol. The zero-order valence-electron chi connectivity index (χ0n) is 20.1. The van der Waals surface area contributed by atoms with Crippen molar-refractivity contribution in [3.8, 4) is 11.5 Å². The van der Waals surface area contributed by atoms with Crippen LogP contribution in [0.2, 0.25) is 0 Å². The SMILES string of the molecule is C=CCn1c(COc2ccc(OC)cc2)nnc1SCC(=O)Nc1sc(C)c(CC)c1C(=O)OC. The zero-order valence-corrected chi connectivity index (χ0v) is 21.8. The fourth-order valence-corrected chi connectivity index (χ4v) is 5.28. The molecule has 1 aromatic carbocycles. The van der Waals surface area contributed by atoms with Crippen molar-refractivity contribution in [2.75, 3.05) is 25.3 Å². The van der Waals surface area contributed by atoms with Gasteiger partial charge in [-0.05, 0) is 43.2 Å². The van der Waals surface area contributed by atoms with Crippen LogP contribution >= 0.6 is 23.1 Å². The molecule has 0 saturated heterocycles. The van der Waals surface area contributed by atoms with Crippen LogP contribution in [-0.4, -0.2) is 46.6 Å². The van der Waals surface area contributed by atoms with Crippen LogP contribution in [0.1, 0.15) is 33.5 Å². The topological polar surface area (TPSA) is 105 Å². The molecule has 0 bridgehead atoms. The monoisotopic (exact) mass is 516 g/mol.